The first-order valence-corrected chi connectivity index (χ1v) is 16.1. The molecule has 1 N–H and O–H groups in total. The number of anilines is 1. The molecule has 7 rings (SSSR count). The van der Waals surface area contributed by atoms with E-state index in [0.29, 0.717) is 41.5 Å². The van der Waals surface area contributed by atoms with E-state index in [1.165, 1.54) is 11.0 Å². The maximum Gasteiger partial charge on any atom is 0.282 e. The number of nitrogens with one attached hydrogen (secondary N) is 1. The predicted molar refractivity (Wildman–Crippen MR) is 176 cm³/mol. The van der Waals surface area contributed by atoms with Crippen molar-refractivity contribution in [1.29, 1.82) is 5.26 Å². The fraction of sp³-hybridized carbons (Fsp3) is 0.361. The number of rotatable bonds is 7. The highest BCUT2D eigenvalue weighted by molar-refractivity contribution is 6.37. The molecule has 236 valence electrons. The molecule has 1 aromatic heterocycles. The molecule has 10 heteroatoms. The van der Waals surface area contributed by atoms with Gasteiger partial charge in [0.15, 0.2) is 5.83 Å². The van der Waals surface area contributed by atoms with Crippen LogP contribution in [0.3, 0.4) is 0 Å². The number of aromatic nitrogens is 1. The monoisotopic (exact) mass is 641 g/mol. The molecule has 0 bridgehead atoms. The number of carbonyl (C=O) groups excluding carboxylic acids is 1. The second kappa shape index (κ2) is 11.8. The molecular formula is C36H34ClF2N5O2. The topological polar surface area (TPSA) is 81.5 Å². The Balaban J connectivity index is 1.34. The van der Waals surface area contributed by atoms with Crippen LogP contribution in [-0.2, 0) is 4.79 Å². The quantitative estimate of drug-likeness (QED) is 0.209. The highest BCUT2D eigenvalue weighted by Gasteiger charge is 2.45. The Morgan fingerprint density at radius 1 is 1.20 bits per heavy atom. The van der Waals surface area contributed by atoms with Crippen LogP contribution in [0.25, 0.3) is 32.8 Å². The molecule has 46 heavy (non-hydrogen) atoms. The van der Waals surface area contributed by atoms with Gasteiger partial charge in [0.1, 0.15) is 24.1 Å². The minimum Gasteiger partial charge on any atom is -0.475 e. The molecule has 3 aliphatic rings. The lowest BCUT2D eigenvalue weighted by atomic mass is 9.95. The number of benzene rings is 3. The lowest BCUT2D eigenvalue weighted by Gasteiger charge is -2.32. The van der Waals surface area contributed by atoms with Gasteiger partial charge in [0.05, 0.1) is 21.8 Å². The lowest BCUT2D eigenvalue weighted by molar-refractivity contribution is -0.129. The maximum absolute atomic E-state index is 14.6. The molecule has 0 unspecified atom stereocenters. The largest absolute Gasteiger partial charge is 0.475 e. The summed E-state index contributed by atoms with van der Waals surface area (Å²) >= 11 is 6.48. The summed E-state index contributed by atoms with van der Waals surface area (Å²) in [7, 11) is 0. The van der Waals surface area contributed by atoms with E-state index in [4.69, 9.17) is 21.3 Å². The number of amides is 1. The molecule has 7 nitrogen and oxygen atoms in total. The molecule has 0 aliphatic carbocycles. The number of hydrogen-bond donors (Lipinski definition) is 1. The smallest absolute Gasteiger partial charge is 0.282 e. The number of nitriles is 1. The van der Waals surface area contributed by atoms with Gasteiger partial charge < -0.3 is 15.0 Å². The van der Waals surface area contributed by atoms with Crippen molar-refractivity contribution in [3.05, 3.63) is 77.3 Å². The van der Waals surface area contributed by atoms with Crippen LogP contribution in [0.2, 0.25) is 5.02 Å². The Labute approximate surface area is 271 Å². The number of ether oxygens (including phenoxy) is 1. The van der Waals surface area contributed by atoms with Gasteiger partial charge in [-0.2, -0.15) is 5.26 Å². The van der Waals surface area contributed by atoms with Crippen LogP contribution in [0.1, 0.15) is 44.6 Å². The SMILES string of the molecule is C=C(F)C(=O)N1CC[C@@H](Nc2c(C#N)c(OCC34CCCN3CCC4)nc3cc(-c4cccc5ccc(F)c(Cl)c45)ccc23)[C@H]1C. The number of hydrogen-bond acceptors (Lipinski definition) is 6. The van der Waals surface area contributed by atoms with Crippen molar-refractivity contribution in [3.8, 4) is 23.1 Å². The van der Waals surface area contributed by atoms with Gasteiger partial charge in [0.25, 0.3) is 5.91 Å². The summed E-state index contributed by atoms with van der Waals surface area (Å²) in [4.78, 5) is 21.3. The van der Waals surface area contributed by atoms with Gasteiger partial charge in [0, 0.05) is 29.4 Å². The zero-order chi connectivity index (χ0) is 32.2. The summed E-state index contributed by atoms with van der Waals surface area (Å²) in [5, 5.41) is 16.2. The first-order chi connectivity index (χ1) is 22.2. The summed E-state index contributed by atoms with van der Waals surface area (Å²) in [5.74, 6) is -1.99. The van der Waals surface area contributed by atoms with Gasteiger partial charge in [-0.3, -0.25) is 9.69 Å². The number of fused-ring (bicyclic) bond motifs is 3. The van der Waals surface area contributed by atoms with Gasteiger partial charge in [-0.05, 0) is 80.8 Å². The van der Waals surface area contributed by atoms with E-state index in [-0.39, 0.29) is 34.1 Å². The fourth-order valence-corrected chi connectivity index (χ4v) is 8.02. The number of carbonyl (C=O) groups is 1. The third-order valence-electron chi connectivity index (χ3n) is 10.2. The Morgan fingerprint density at radius 2 is 1.98 bits per heavy atom. The molecule has 4 aromatic rings. The average molecular weight is 642 g/mol. The van der Waals surface area contributed by atoms with Gasteiger partial charge in [-0.25, -0.2) is 13.8 Å². The molecule has 1 amide bonds. The molecule has 4 heterocycles. The Hall–Kier alpha value is -4.26. The van der Waals surface area contributed by atoms with E-state index >= 15 is 0 Å². The minimum atomic E-state index is -0.997. The number of pyridine rings is 1. The van der Waals surface area contributed by atoms with E-state index in [1.807, 2.05) is 43.3 Å². The van der Waals surface area contributed by atoms with Crippen LogP contribution >= 0.6 is 11.6 Å². The summed E-state index contributed by atoms with van der Waals surface area (Å²) in [6.45, 7) is 7.91. The molecule has 0 radical (unpaired) electrons. The summed E-state index contributed by atoms with van der Waals surface area (Å²) in [6.07, 6.45) is 4.87. The number of halogens is 3. The van der Waals surface area contributed by atoms with Crippen molar-refractivity contribution in [2.24, 2.45) is 0 Å². The van der Waals surface area contributed by atoms with E-state index in [2.05, 4.69) is 22.9 Å². The second-order valence-corrected chi connectivity index (χ2v) is 13.0. The Bertz CT molecular complexity index is 1930. The van der Waals surface area contributed by atoms with Crippen molar-refractivity contribution < 1.29 is 18.3 Å². The van der Waals surface area contributed by atoms with Crippen molar-refractivity contribution in [2.75, 3.05) is 31.6 Å². The van der Waals surface area contributed by atoms with Gasteiger partial charge in [-0.15, -0.1) is 0 Å². The molecule has 3 fully saturated rings. The van der Waals surface area contributed by atoms with Crippen LogP contribution in [0, 0.1) is 17.1 Å². The molecule has 0 saturated carbocycles. The van der Waals surface area contributed by atoms with Crippen LogP contribution in [0.5, 0.6) is 5.88 Å². The Morgan fingerprint density at radius 3 is 2.72 bits per heavy atom. The molecule has 3 aromatic carbocycles. The van der Waals surface area contributed by atoms with Crippen molar-refractivity contribution in [1.82, 2.24) is 14.8 Å². The molecule has 0 spiro atoms. The predicted octanol–water partition coefficient (Wildman–Crippen LogP) is 7.61. The fourth-order valence-electron chi connectivity index (χ4n) is 7.74. The summed E-state index contributed by atoms with van der Waals surface area (Å²) in [6, 6.07) is 16.2. The van der Waals surface area contributed by atoms with Crippen molar-refractivity contribution in [2.45, 2.75) is 56.7 Å². The highest BCUT2D eigenvalue weighted by Crippen LogP contribution is 2.42. The molecule has 3 saturated heterocycles. The van der Waals surface area contributed by atoms with Crippen molar-refractivity contribution in [3.63, 3.8) is 0 Å². The van der Waals surface area contributed by atoms with Gasteiger partial charge >= 0.3 is 0 Å². The lowest BCUT2D eigenvalue weighted by Crippen LogP contribution is -2.43. The third-order valence-corrected chi connectivity index (χ3v) is 10.5. The van der Waals surface area contributed by atoms with Crippen molar-refractivity contribution >= 4 is 44.9 Å². The highest BCUT2D eigenvalue weighted by atomic mass is 35.5. The summed E-state index contributed by atoms with van der Waals surface area (Å²) in [5.41, 5.74) is 2.89. The third kappa shape index (κ3) is 5.04. The number of likely N-dealkylation sites (tertiary alicyclic amines) is 1. The Kier molecular flexibility index (Phi) is 7.82. The molecule has 2 atom stereocenters. The first kappa shape index (κ1) is 30.4. The van der Waals surface area contributed by atoms with Crippen LogP contribution in [0.4, 0.5) is 14.5 Å². The maximum atomic E-state index is 14.6. The van der Waals surface area contributed by atoms with Gasteiger partial charge in [-0.1, -0.05) is 54.6 Å². The average Bonchev–Trinajstić information content (AvgIpc) is 3.75. The van der Waals surface area contributed by atoms with E-state index < -0.39 is 17.6 Å². The van der Waals surface area contributed by atoms with Crippen LogP contribution < -0.4 is 10.1 Å². The molecule has 3 aliphatic heterocycles. The zero-order valence-corrected chi connectivity index (χ0v) is 26.3. The van der Waals surface area contributed by atoms with Crippen LogP contribution in [-0.4, -0.2) is 64.6 Å². The second-order valence-electron chi connectivity index (χ2n) is 12.7. The zero-order valence-electron chi connectivity index (χ0n) is 25.6. The van der Waals surface area contributed by atoms with E-state index in [0.717, 1.165) is 55.3 Å². The van der Waals surface area contributed by atoms with Gasteiger partial charge in [0.2, 0.25) is 5.88 Å². The number of nitrogens with zero attached hydrogens (tertiary/aromatic N) is 4. The van der Waals surface area contributed by atoms with Crippen LogP contribution in [0.15, 0.2) is 60.9 Å². The minimum absolute atomic E-state index is 0.0505. The standard InChI is InChI=1S/C36H34ClF2N5O2/c1-21(38)35(45)44-17-12-29(22(44)2)41-33-26-10-8-24(25-7-3-6-23-9-11-28(39)32(37)31(23)25)18-30(26)42-34(27(33)19-40)46-20-36-13-4-15-43(36)16-5-14-36/h3,6-11,18,22,29H,1,4-5,12-17,20H2,2H3,(H,41,42)/t22-,29-/m1/s1. The summed E-state index contributed by atoms with van der Waals surface area (Å²) < 4.78 is 34.8. The first-order valence-electron chi connectivity index (χ1n) is 15.8. The van der Waals surface area contributed by atoms with E-state index in [1.54, 1.807) is 6.07 Å². The van der Waals surface area contributed by atoms with E-state index in [9.17, 15) is 18.8 Å². The normalized spacial score (nSPS) is 20.6. The molecular weight excluding hydrogens is 608 g/mol.